The number of aromatic nitrogens is 1. The molecule has 7 heteroatoms. The molecule has 0 fully saturated rings. The summed E-state index contributed by atoms with van der Waals surface area (Å²) in [7, 11) is 3.99. The van der Waals surface area contributed by atoms with Crippen molar-refractivity contribution in [1.82, 2.24) is 9.88 Å². The number of benzene rings is 3. The Hall–Kier alpha value is -2.74. The van der Waals surface area contributed by atoms with Gasteiger partial charge in [-0.05, 0) is 68.7 Å². The van der Waals surface area contributed by atoms with E-state index in [1.807, 2.05) is 74.8 Å². The lowest BCUT2D eigenvalue weighted by molar-refractivity contribution is 0.0985. The summed E-state index contributed by atoms with van der Waals surface area (Å²) in [4.78, 5) is 21.9. The molecule has 0 aliphatic rings. The number of halogens is 1. The highest BCUT2D eigenvalue weighted by Gasteiger charge is 2.21. The van der Waals surface area contributed by atoms with E-state index in [1.165, 1.54) is 11.3 Å². The lowest BCUT2D eigenvalue weighted by atomic mass is 10.2. The predicted molar refractivity (Wildman–Crippen MR) is 131 cm³/mol. The van der Waals surface area contributed by atoms with Crippen molar-refractivity contribution >= 4 is 48.5 Å². The van der Waals surface area contributed by atoms with Crippen LogP contribution in [0.15, 0.2) is 77.3 Å². The molecule has 0 spiro atoms. The molecule has 1 aromatic heterocycles. The van der Waals surface area contributed by atoms with Gasteiger partial charge in [-0.15, -0.1) is 0 Å². The number of ether oxygens (including phenoxy) is 1. The van der Waals surface area contributed by atoms with Crippen molar-refractivity contribution in [3.05, 3.63) is 82.8 Å². The molecule has 0 saturated heterocycles. The zero-order valence-electron chi connectivity index (χ0n) is 17.3. The standard InChI is InChI=1S/C24H22BrN3O2S/c1-27(2)14-15-28(24-26-21-13-10-18(25)16-22(21)31-24)23(29)17-8-11-20(12-9-17)30-19-6-4-3-5-7-19/h3-13,16H,14-15H2,1-2H3. The monoisotopic (exact) mass is 495 g/mol. The van der Waals surface area contributed by atoms with Gasteiger partial charge in [0.05, 0.1) is 10.2 Å². The molecule has 158 valence electrons. The van der Waals surface area contributed by atoms with Gasteiger partial charge in [-0.1, -0.05) is 45.5 Å². The number of para-hydroxylation sites is 1. The number of hydrogen-bond acceptors (Lipinski definition) is 5. The van der Waals surface area contributed by atoms with E-state index in [2.05, 4.69) is 20.8 Å². The van der Waals surface area contributed by atoms with Crippen LogP contribution in [-0.2, 0) is 0 Å². The normalized spacial score (nSPS) is 11.1. The number of amides is 1. The first kappa shape index (κ1) is 21.5. The van der Waals surface area contributed by atoms with Gasteiger partial charge < -0.3 is 9.64 Å². The molecular weight excluding hydrogens is 474 g/mol. The Bertz CT molecular complexity index is 1180. The van der Waals surface area contributed by atoms with Crippen LogP contribution < -0.4 is 9.64 Å². The molecule has 1 heterocycles. The Labute approximate surface area is 194 Å². The van der Waals surface area contributed by atoms with Crippen LogP contribution in [0.25, 0.3) is 10.2 Å². The summed E-state index contributed by atoms with van der Waals surface area (Å²) in [6.45, 7) is 1.29. The van der Waals surface area contributed by atoms with Crippen LogP contribution >= 0.6 is 27.3 Å². The molecule has 1 amide bonds. The molecule has 5 nitrogen and oxygen atoms in total. The molecule has 0 saturated carbocycles. The Morgan fingerprint density at radius 1 is 0.968 bits per heavy atom. The van der Waals surface area contributed by atoms with Gasteiger partial charge in [-0.25, -0.2) is 4.98 Å². The predicted octanol–water partition coefficient (Wildman–Crippen LogP) is 6.06. The molecule has 0 radical (unpaired) electrons. The number of fused-ring (bicyclic) bond motifs is 1. The van der Waals surface area contributed by atoms with Gasteiger partial charge in [0.2, 0.25) is 0 Å². The zero-order valence-corrected chi connectivity index (χ0v) is 19.7. The lowest BCUT2D eigenvalue weighted by Gasteiger charge is -2.22. The number of rotatable bonds is 7. The molecule has 3 aromatic carbocycles. The largest absolute Gasteiger partial charge is 0.457 e. The van der Waals surface area contributed by atoms with Crippen molar-refractivity contribution in [1.29, 1.82) is 0 Å². The molecule has 0 aliphatic carbocycles. The molecule has 0 unspecified atom stereocenters. The first-order valence-electron chi connectivity index (χ1n) is 9.85. The Morgan fingerprint density at radius 3 is 2.39 bits per heavy atom. The van der Waals surface area contributed by atoms with Crippen LogP contribution in [0.2, 0.25) is 0 Å². The van der Waals surface area contributed by atoms with Gasteiger partial charge in [0.25, 0.3) is 5.91 Å². The number of anilines is 1. The van der Waals surface area contributed by atoms with E-state index < -0.39 is 0 Å². The minimum atomic E-state index is -0.0776. The fourth-order valence-corrected chi connectivity index (χ4v) is 4.57. The van der Waals surface area contributed by atoms with Crippen LogP contribution in [0.3, 0.4) is 0 Å². The van der Waals surface area contributed by atoms with Crippen molar-refractivity contribution in [2.24, 2.45) is 0 Å². The van der Waals surface area contributed by atoms with Crippen LogP contribution in [0, 0.1) is 0 Å². The van der Waals surface area contributed by atoms with Crippen molar-refractivity contribution in [2.45, 2.75) is 0 Å². The van der Waals surface area contributed by atoms with Gasteiger partial charge in [0.1, 0.15) is 11.5 Å². The van der Waals surface area contributed by atoms with Crippen LogP contribution in [0.1, 0.15) is 10.4 Å². The zero-order chi connectivity index (χ0) is 21.8. The van der Waals surface area contributed by atoms with Crippen molar-refractivity contribution in [3.63, 3.8) is 0 Å². The summed E-state index contributed by atoms with van der Waals surface area (Å²) in [5.41, 5.74) is 1.48. The molecule has 4 aromatic rings. The summed E-state index contributed by atoms with van der Waals surface area (Å²) in [6, 6.07) is 22.8. The van der Waals surface area contributed by atoms with Gasteiger partial charge in [-0.2, -0.15) is 0 Å². The second-order valence-corrected chi connectivity index (χ2v) is 9.23. The maximum absolute atomic E-state index is 13.4. The number of hydrogen-bond donors (Lipinski definition) is 0. The maximum Gasteiger partial charge on any atom is 0.260 e. The second kappa shape index (κ2) is 9.60. The minimum Gasteiger partial charge on any atom is -0.457 e. The number of thiazole rings is 1. The SMILES string of the molecule is CN(C)CCN(C(=O)c1ccc(Oc2ccccc2)cc1)c1nc2ccc(Br)cc2s1. The highest BCUT2D eigenvalue weighted by molar-refractivity contribution is 9.10. The smallest absolute Gasteiger partial charge is 0.260 e. The fraction of sp³-hybridized carbons (Fsp3) is 0.167. The maximum atomic E-state index is 13.4. The van der Waals surface area contributed by atoms with Gasteiger partial charge in [-0.3, -0.25) is 9.69 Å². The highest BCUT2D eigenvalue weighted by Crippen LogP contribution is 2.32. The third-order valence-corrected chi connectivity index (χ3v) is 6.20. The summed E-state index contributed by atoms with van der Waals surface area (Å²) in [5, 5.41) is 0.699. The number of nitrogens with zero attached hydrogens (tertiary/aromatic N) is 3. The molecule has 0 aliphatic heterocycles. The molecule has 4 rings (SSSR count). The number of carbonyl (C=O) groups excluding carboxylic acids is 1. The molecule has 0 N–H and O–H groups in total. The molecule has 0 bridgehead atoms. The third-order valence-electron chi connectivity index (χ3n) is 4.67. The first-order valence-corrected chi connectivity index (χ1v) is 11.5. The quantitative estimate of drug-likeness (QED) is 0.312. The average Bonchev–Trinajstić information content (AvgIpc) is 3.17. The van der Waals surface area contributed by atoms with E-state index >= 15 is 0 Å². The second-order valence-electron chi connectivity index (χ2n) is 7.31. The van der Waals surface area contributed by atoms with Gasteiger partial charge in [0.15, 0.2) is 5.13 Å². The van der Waals surface area contributed by atoms with E-state index in [4.69, 9.17) is 9.72 Å². The Balaban J connectivity index is 1.59. The molecule has 31 heavy (non-hydrogen) atoms. The number of carbonyl (C=O) groups is 1. The third kappa shape index (κ3) is 5.31. The minimum absolute atomic E-state index is 0.0776. The Morgan fingerprint density at radius 2 is 1.68 bits per heavy atom. The van der Waals surface area contributed by atoms with E-state index in [9.17, 15) is 4.79 Å². The van der Waals surface area contributed by atoms with Gasteiger partial charge >= 0.3 is 0 Å². The highest BCUT2D eigenvalue weighted by atomic mass is 79.9. The summed E-state index contributed by atoms with van der Waals surface area (Å²) < 4.78 is 7.88. The van der Waals surface area contributed by atoms with E-state index in [-0.39, 0.29) is 5.91 Å². The topological polar surface area (TPSA) is 45.7 Å². The average molecular weight is 496 g/mol. The van der Waals surface area contributed by atoms with Crippen LogP contribution in [0.4, 0.5) is 5.13 Å². The summed E-state index contributed by atoms with van der Waals surface area (Å²) >= 11 is 5.02. The summed E-state index contributed by atoms with van der Waals surface area (Å²) in [6.07, 6.45) is 0. The summed E-state index contributed by atoms with van der Waals surface area (Å²) in [5.74, 6) is 1.37. The first-order chi connectivity index (χ1) is 15.0. The van der Waals surface area contributed by atoms with Gasteiger partial charge in [0, 0.05) is 23.1 Å². The van der Waals surface area contributed by atoms with Crippen molar-refractivity contribution < 1.29 is 9.53 Å². The number of likely N-dealkylation sites (N-methyl/N-ethyl adjacent to an activating group) is 1. The van der Waals surface area contributed by atoms with Crippen molar-refractivity contribution in [3.8, 4) is 11.5 Å². The lowest BCUT2D eigenvalue weighted by Crippen LogP contribution is -2.36. The molecular formula is C24H22BrN3O2S. The molecule has 0 atom stereocenters. The van der Waals surface area contributed by atoms with E-state index in [1.54, 1.807) is 17.0 Å². The van der Waals surface area contributed by atoms with Crippen LogP contribution in [-0.4, -0.2) is 43.0 Å². The van der Waals surface area contributed by atoms with Crippen LogP contribution in [0.5, 0.6) is 11.5 Å². The fourth-order valence-electron chi connectivity index (χ4n) is 3.03. The van der Waals surface area contributed by atoms with Crippen molar-refractivity contribution in [2.75, 3.05) is 32.1 Å². The van der Waals surface area contributed by atoms with E-state index in [0.717, 1.165) is 27.0 Å². The Kier molecular flexibility index (Phi) is 6.65. The van der Waals surface area contributed by atoms with E-state index in [0.29, 0.717) is 23.0 Å².